The number of hydrogen-bond acceptors (Lipinski definition) is 18. The van der Waals surface area contributed by atoms with Gasteiger partial charge in [-0.15, -0.1) is 0 Å². The van der Waals surface area contributed by atoms with Gasteiger partial charge in [-0.2, -0.15) is 0 Å². The highest BCUT2D eigenvalue weighted by atomic mass is 16.6. The summed E-state index contributed by atoms with van der Waals surface area (Å²) in [4.78, 5) is 79.0. The average molecular weight is 1480 g/mol. The summed E-state index contributed by atoms with van der Waals surface area (Å²) in [5.41, 5.74) is 1.43. The minimum atomic E-state index is -0.653. The molecule has 0 saturated carbocycles. The molecule has 18 nitrogen and oxygen atoms in total. The molecular weight excluding hydrogens is 1370 g/mol. The number of carbonyl (C=O) groups excluding carboxylic acids is 6. The molecule has 0 aliphatic heterocycles. The first-order valence-electron chi connectivity index (χ1n) is 39.7. The Hall–Kier alpha value is -9.84. The first-order valence-corrected chi connectivity index (χ1v) is 39.7. The monoisotopic (exact) mass is 1480 g/mol. The molecule has 0 radical (unpaired) electrons. The lowest BCUT2D eigenvalue weighted by atomic mass is 10.1. The van der Waals surface area contributed by atoms with Crippen LogP contribution in [0, 0.1) is 0 Å². The molecule has 0 N–H and O–H groups in total. The van der Waals surface area contributed by atoms with Crippen LogP contribution < -0.4 is 42.6 Å². The van der Waals surface area contributed by atoms with E-state index in [0.717, 1.165) is 152 Å². The molecule has 0 heterocycles. The summed E-state index contributed by atoms with van der Waals surface area (Å²) in [6.07, 6.45) is 29.1. The molecule has 0 bridgehead atoms. The van der Waals surface area contributed by atoms with E-state index < -0.39 is 35.8 Å². The number of esters is 6. The molecule has 7 aromatic rings. The van der Waals surface area contributed by atoms with Crippen molar-refractivity contribution in [2.45, 2.75) is 213 Å². The normalized spacial score (nSPS) is 10.9. The van der Waals surface area contributed by atoms with Crippen LogP contribution in [0.25, 0.3) is 0 Å². The van der Waals surface area contributed by atoms with Crippen LogP contribution in [0.4, 0.5) is 0 Å². The number of ether oxygens (including phenoxy) is 12. The zero-order chi connectivity index (χ0) is 76.3. The Morgan fingerprint density at radius 1 is 0.185 bits per heavy atom. The number of carbonyl (C=O) groups is 6. The Balaban J connectivity index is 0.767. The van der Waals surface area contributed by atoms with Crippen LogP contribution in [0.1, 0.15) is 276 Å². The predicted molar refractivity (Wildman–Crippen MR) is 419 cm³/mol. The van der Waals surface area contributed by atoms with E-state index in [2.05, 4.69) is 20.8 Å². The van der Waals surface area contributed by atoms with Gasteiger partial charge in [0.2, 0.25) is 0 Å². The third-order valence-electron chi connectivity index (χ3n) is 17.9. The highest BCUT2D eigenvalue weighted by Gasteiger charge is 2.20. The maximum Gasteiger partial charge on any atom is 0.343 e. The molecule has 0 atom stereocenters. The quantitative estimate of drug-likeness (QED) is 0.0150. The zero-order valence-electron chi connectivity index (χ0n) is 64.0. The molecular formula is C90H114O18. The molecule has 0 aromatic heterocycles. The number of hydrogen-bond donors (Lipinski definition) is 0. The van der Waals surface area contributed by atoms with E-state index in [1.807, 2.05) is 0 Å². The van der Waals surface area contributed by atoms with Crippen LogP contribution in [0.2, 0.25) is 0 Å². The van der Waals surface area contributed by atoms with Crippen LogP contribution in [-0.4, -0.2) is 95.3 Å². The third kappa shape index (κ3) is 34.8. The van der Waals surface area contributed by atoms with Crippen LogP contribution in [-0.2, 0) is 14.2 Å². The molecule has 0 aliphatic rings. The maximum absolute atomic E-state index is 13.5. The smallest absolute Gasteiger partial charge is 0.343 e. The van der Waals surface area contributed by atoms with Crippen molar-refractivity contribution in [3.63, 3.8) is 0 Å². The number of unbranched alkanes of at least 4 members (excludes halogenated alkanes) is 24. The molecule has 108 heavy (non-hydrogen) atoms. The largest absolute Gasteiger partial charge is 0.494 e. The van der Waals surface area contributed by atoms with Gasteiger partial charge in [0.1, 0.15) is 51.7 Å². The zero-order valence-corrected chi connectivity index (χ0v) is 64.0. The summed E-state index contributed by atoms with van der Waals surface area (Å²) >= 11 is 0. The molecule has 582 valence electrons. The van der Waals surface area contributed by atoms with Gasteiger partial charge in [0, 0.05) is 0 Å². The highest BCUT2D eigenvalue weighted by Crippen LogP contribution is 2.26. The molecule has 0 saturated heterocycles. The second-order valence-corrected chi connectivity index (χ2v) is 27.0. The van der Waals surface area contributed by atoms with E-state index in [1.165, 1.54) is 56.7 Å². The fourth-order valence-corrected chi connectivity index (χ4v) is 11.6. The van der Waals surface area contributed by atoms with Gasteiger partial charge >= 0.3 is 35.8 Å². The molecule has 18 heteroatoms. The summed E-state index contributed by atoms with van der Waals surface area (Å²) in [5, 5.41) is 0. The molecule has 7 aromatic carbocycles. The lowest BCUT2D eigenvalue weighted by Gasteiger charge is -2.11. The topological polar surface area (TPSA) is 213 Å². The second kappa shape index (κ2) is 52.2. The first-order chi connectivity index (χ1) is 53.0. The average Bonchev–Trinajstić information content (AvgIpc) is 0.748. The van der Waals surface area contributed by atoms with Gasteiger partial charge in [-0.3, -0.25) is 0 Å². The van der Waals surface area contributed by atoms with Crippen molar-refractivity contribution in [3.8, 4) is 51.7 Å². The number of benzene rings is 7. The third-order valence-corrected chi connectivity index (χ3v) is 17.9. The Bertz CT molecular complexity index is 3270. The van der Waals surface area contributed by atoms with Crippen molar-refractivity contribution in [2.24, 2.45) is 0 Å². The summed E-state index contributed by atoms with van der Waals surface area (Å²) in [7, 11) is 0. The van der Waals surface area contributed by atoms with Gasteiger partial charge in [0.25, 0.3) is 0 Å². The van der Waals surface area contributed by atoms with Crippen molar-refractivity contribution >= 4 is 35.8 Å². The molecule has 7 rings (SSSR count). The van der Waals surface area contributed by atoms with Crippen molar-refractivity contribution in [1.29, 1.82) is 0 Å². The van der Waals surface area contributed by atoms with Crippen LogP contribution in [0.15, 0.2) is 164 Å². The summed E-state index contributed by atoms with van der Waals surface area (Å²) in [5.74, 6) is 2.23. The molecule has 0 spiro atoms. The highest BCUT2D eigenvalue weighted by molar-refractivity contribution is 6.00. The van der Waals surface area contributed by atoms with Crippen LogP contribution >= 0.6 is 0 Å². The molecule has 0 fully saturated rings. The van der Waals surface area contributed by atoms with Crippen LogP contribution in [0.5, 0.6) is 51.7 Å². The van der Waals surface area contributed by atoms with Crippen LogP contribution in [0.3, 0.4) is 0 Å². The van der Waals surface area contributed by atoms with Gasteiger partial charge < -0.3 is 56.8 Å². The van der Waals surface area contributed by atoms with E-state index >= 15 is 0 Å². The van der Waals surface area contributed by atoms with E-state index in [4.69, 9.17) is 56.8 Å². The molecule has 0 aliphatic carbocycles. The maximum atomic E-state index is 13.5. The Labute approximate surface area is 640 Å². The summed E-state index contributed by atoms with van der Waals surface area (Å²) < 4.78 is 68.9. The first kappa shape index (κ1) is 85.4. The van der Waals surface area contributed by atoms with Gasteiger partial charge in [-0.25, -0.2) is 28.8 Å². The Kier molecular flexibility index (Phi) is 41.3. The summed E-state index contributed by atoms with van der Waals surface area (Å²) in [6, 6.07) is 46.2. The Morgan fingerprint density at radius 2 is 0.352 bits per heavy atom. The minimum absolute atomic E-state index is 0.0571. The standard InChI is InChI=1S/C90H114O18/c1-4-7-10-25-58-100-79-46-52-82(53-47-79)106-88(94)70-34-40-76(41-35-70)97-61-28-19-13-16-22-31-64-103-85(91)73-67-74(86(92)104-65-32-23-17-14-20-29-62-98-77-42-36-71(37-43-77)89(95)107-83-54-48-80(49-55-83)101-59-26-11-8-5-2)69-75(68-73)87(93)105-66-33-24-18-15-21-30-63-99-78-44-38-72(39-45-78)90(96)108-84-56-50-81(51-57-84)102-60-27-12-9-6-3/h34-57,67-69H,4-33,58-66H2,1-3H3. The van der Waals surface area contributed by atoms with E-state index in [1.54, 1.807) is 146 Å². The van der Waals surface area contributed by atoms with Gasteiger partial charge in [0.15, 0.2) is 0 Å². The van der Waals surface area contributed by atoms with Gasteiger partial charge in [-0.1, -0.05) is 156 Å². The minimum Gasteiger partial charge on any atom is -0.494 e. The van der Waals surface area contributed by atoms with E-state index in [-0.39, 0.29) is 36.5 Å². The van der Waals surface area contributed by atoms with E-state index in [0.29, 0.717) is 110 Å². The lowest BCUT2D eigenvalue weighted by Crippen LogP contribution is -2.14. The van der Waals surface area contributed by atoms with Crippen molar-refractivity contribution in [2.75, 3.05) is 59.5 Å². The predicted octanol–water partition coefficient (Wildman–Crippen LogP) is 22.0. The van der Waals surface area contributed by atoms with Crippen molar-refractivity contribution < 1.29 is 85.6 Å². The van der Waals surface area contributed by atoms with Gasteiger partial charge in [0.05, 0.1) is 92.8 Å². The van der Waals surface area contributed by atoms with Gasteiger partial charge in [-0.05, 0) is 222 Å². The fraction of sp³-hybridized carbons (Fsp3) is 0.467. The van der Waals surface area contributed by atoms with Crippen molar-refractivity contribution in [1.82, 2.24) is 0 Å². The number of rotatable bonds is 57. The van der Waals surface area contributed by atoms with E-state index in [9.17, 15) is 28.8 Å². The SMILES string of the molecule is CCCCCCOc1ccc(OC(=O)c2ccc(OCCCCCCCCOC(=O)c3cc(C(=O)OCCCCCCCCOc4ccc(C(=O)Oc5ccc(OCCCCCC)cc5)cc4)cc(C(=O)OCCCCCCCCOc4ccc(C(=O)Oc5ccc(OCCCCCC)cc5)cc4)c3)cc2)cc1. The fourth-order valence-electron chi connectivity index (χ4n) is 11.6. The second-order valence-electron chi connectivity index (χ2n) is 27.0. The van der Waals surface area contributed by atoms with Crippen molar-refractivity contribution in [3.05, 3.63) is 197 Å². The molecule has 0 unspecified atom stereocenters. The Morgan fingerprint density at radius 3 is 0.556 bits per heavy atom. The summed E-state index contributed by atoms with van der Waals surface area (Å²) in [6.45, 7) is 10.6. The molecule has 0 amide bonds. The lowest BCUT2D eigenvalue weighted by molar-refractivity contribution is 0.0491.